The fourth-order valence-corrected chi connectivity index (χ4v) is 1.41. The molecule has 3 N–H and O–H groups in total. The summed E-state index contributed by atoms with van der Waals surface area (Å²) in [7, 11) is 0. The zero-order valence-corrected chi connectivity index (χ0v) is 11.7. The molecule has 1 aromatic carbocycles. The first-order chi connectivity index (χ1) is 9.46. The molecule has 0 saturated carbocycles. The number of halogens is 5. The van der Waals surface area contributed by atoms with E-state index in [0.29, 0.717) is 0 Å². The molecule has 0 radical (unpaired) electrons. The average Bonchev–Trinajstić information content (AvgIpc) is 2.38. The second kappa shape index (κ2) is 5.97. The van der Waals surface area contributed by atoms with Gasteiger partial charge in [0.2, 0.25) is 11.7 Å². The molecule has 0 aliphatic carbocycles. The molecule has 0 aromatic heterocycles. The number of rotatable bonds is 3. The largest absolute Gasteiger partial charge is 0.327 e. The van der Waals surface area contributed by atoms with Crippen molar-refractivity contribution < 1.29 is 26.7 Å². The van der Waals surface area contributed by atoms with Crippen LogP contribution in [0.4, 0.5) is 27.6 Å². The van der Waals surface area contributed by atoms with Crippen LogP contribution in [0, 0.1) is 34.5 Å². The SMILES string of the molecule is CC(C)(C)C(N)CC(=O)Nc1c(F)c(F)c(F)c(F)c1F. The molecule has 0 aliphatic rings. The van der Waals surface area contributed by atoms with Gasteiger partial charge < -0.3 is 11.1 Å². The number of hydrogen-bond donors (Lipinski definition) is 2. The first kappa shape index (κ1) is 17.4. The van der Waals surface area contributed by atoms with Crippen LogP contribution in [0.3, 0.4) is 0 Å². The van der Waals surface area contributed by atoms with Crippen LogP contribution < -0.4 is 11.1 Å². The maximum absolute atomic E-state index is 13.4. The molecular weight excluding hydrogens is 295 g/mol. The van der Waals surface area contributed by atoms with Crippen molar-refractivity contribution in [3.8, 4) is 0 Å². The van der Waals surface area contributed by atoms with Gasteiger partial charge in [0.05, 0.1) is 0 Å². The zero-order chi connectivity index (χ0) is 16.5. The molecule has 1 amide bonds. The van der Waals surface area contributed by atoms with Gasteiger partial charge in [-0.2, -0.15) is 0 Å². The van der Waals surface area contributed by atoms with Crippen LogP contribution in [0.25, 0.3) is 0 Å². The molecule has 8 heteroatoms. The average molecular weight is 310 g/mol. The number of nitrogens with one attached hydrogen (secondary N) is 1. The first-order valence-corrected chi connectivity index (χ1v) is 6.03. The number of carbonyl (C=O) groups is 1. The summed E-state index contributed by atoms with van der Waals surface area (Å²) < 4.78 is 65.5. The van der Waals surface area contributed by atoms with Crippen LogP contribution in [-0.2, 0) is 4.79 Å². The topological polar surface area (TPSA) is 55.1 Å². The third-order valence-electron chi connectivity index (χ3n) is 2.99. The van der Waals surface area contributed by atoms with Crippen LogP contribution in [0.15, 0.2) is 0 Å². The standard InChI is InChI=1S/C13H15F5N2O/c1-13(2,3)5(19)4-6(21)20-12-10(17)8(15)7(14)9(16)11(12)18/h5H,4,19H2,1-3H3,(H,20,21). The minimum Gasteiger partial charge on any atom is -0.327 e. The Labute approximate surface area is 118 Å². The number of carbonyl (C=O) groups excluding carboxylic acids is 1. The molecular formula is C13H15F5N2O. The Morgan fingerprint density at radius 2 is 1.38 bits per heavy atom. The van der Waals surface area contributed by atoms with Crippen LogP contribution in [0.1, 0.15) is 27.2 Å². The number of amides is 1. The monoisotopic (exact) mass is 310 g/mol. The van der Waals surface area contributed by atoms with E-state index in [1.54, 1.807) is 26.1 Å². The normalized spacial score (nSPS) is 13.2. The molecule has 1 aromatic rings. The molecule has 118 valence electrons. The van der Waals surface area contributed by atoms with Gasteiger partial charge in [-0.25, -0.2) is 22.0 Å². The zero-order valence-electron chi connectivity index (χ0n) is 11.7. The first-order valence-electron chi connectivity index (χ1n) is 6.03. The predicted octanol–water partition coefficient (Wildman–Crippen LogP) is 3.08. The molecule has 0 fully saturated rings. The summed E-state index contributed by atoms with van der Waals surface area (Å²) in [4.78, 5) is 11.6. The molecule has 0 saturated heterocycles. The van der Waals surface area contributed by atoms with Gasteiger partial charge in [0, 0.05) is 12.5 Å². The van der Waals surface area contributed by atoms with Crippen LogP contribution in [0.2, 0.25) is 0 Å². The Morgan fingerprint density at radius 3 is 1.76 bits per heavy atom. The fraction of sp³-hybridized carbons (Fsp3) is 0.462. The van der Waals surface area contributed by atoms with Crippen molar-refractivity contribution in [2.75, 3.05) is 5.32 Å². The smallest absolute Gasteiger partial charge is 0.226 e. The molecule has 1 unspecified atom stereocenters. The summed E-state index contributed by atoms with van der Waals surface area (Å²) >= 11 is 0. The van der Waals surface area contributed by atoms with E-state index < -0.39 is 52.1 Å². The third-order valence-corrected chi connectivity index (χ3v) is 2.99. The second-order valence-corrected chi connectivity index (χ2v) is 5.67. The molecule has 0 aliphatic heterocycles. The highest BCUT2D eigenvalue weighted by molar-refractivity contribution is 5.91. The predicted molar refractivity (Wildman–Crippen MR) is 66.9 cm³/mol. The molecule has 3 nitrogen and oxygen atoms in total. The molecule has 1 rings (SSSR count). The lowest BCUT2D eigenvalue weighted by Gasteiger charge is -2.26. The highest BCUT2D eigenvalue weighted by Gasteiger charge is 2.28. The Balaban J connectivity index is 3.02. The van der Waals surface area contributed by atoms with E-state index in [0.717, 1.165) is 0 Å². The van der Waals surface area contributed by atoms with E-state index in [4.69, 9.17) is 5.73 Å². The van der Waals surface area contributed by atoms with Crippen LogP contribution in [0.5, 0.6) is 0 Å². The molecule has 0 spiro atoms. The van der Waals surface area contributed by atoms with Gasteiger partial charge in [0.25, 0.3) is 0 Å². The lowest BCUT2D eigenvalue weighted by molar-refractivity contribution is -0.117. The lowest BCUT2D eigenvalue weighted by Crippen LogP contribution is -2.38. The van der Waals surface area contributed by atoms with Crippen molar-refractivity contribution in [2.24, 2.45) is 11.1 Å². The van der Waals surface area contributed by atoms with Crippen molar-refractivity contribution in [1.82, 2.24) is 0 Å². The Kier molecular flexibility index (Phi) is 4.93. The van der Waals surface area contributed by atoms with Crippen molar-refractivity contribution >= 4 is 11.6 Å². The van der Waals surface area contributed by atoms with E-state index in [1.807, 2.05) is 0 Å². The Morgan fingerprint density at radius 1 is 1.00 bits per heavy atom. The Hall–Kier alpha value is -1.70. The van der Waals surface area contributed by atoms with E-state index in [1.165, 1.54) is 0 Å². The van der Waals surface area contributed by atoms with Crippen LogP contribution in [-0.4, -0.2) is 11.9 Å². The van der Waals surface area contributed by atoms with E-state index in [9.17, 15) is 26.7 Å². The summed E-state index contributed by atoms with van der Waals surface area (Å²) in [6.45, 7) is 5.22. The number of benzene rings is 1. The van der Waals surface area contributed by atoms with Gasteiger partial charge in [0.1, 0.15) is 5.69 Å². The van der Waals surface area contributed by atoms with Gasteiger partial charge in [-0.3, -0.25) is 4.79 Å². The summed E-state index contributed by atoms with van der Waals surface area (Å²) in [5.41, 5.74) is 3.87. The minimum absolute atomic E-state index is 0.330. The minimum atomic E-state index is -2.28. The van der Waals surface area contributed by atoms with Gasteiger partial charge in [-0.05, 0) is 5.41 Å². The van der Waals surface area contributed by atoms with Crippen molar-refractivity contribution in [3.05, 3.63) is 29.1 Å². The molecule has 0 heterocycles. The number of hydrogen-bond acceptors (Lipinski definition) is 2. The van der Waals surface area contributed by atoms with E-state index in [-0.39, 0.29) is 6.42 Å². The summed E-state index contributed by atoms with van der Waals surface area (Å²) in [5.74, 6) is -11.7. The maximum atomic E-state index is 13.4. The van der Waals surface area contributed by atoms with E-state index in [2.05, 4.69) is 0 Å². The number of anilines is 1. The highest BCUT2D eigenvalue weighted by Crippen LogP contribution is 2.27. The maximum Gasteiger partial charge on any atom is 0.226 e. The Bertz CT molecular complexity index is 540. The summed E-state index contributed by atoms with van der Waals surface area (Å²) in [6.07, 6.45) is -0.330. The van der Waals surface area contributed by atoms with Gasteiger partial charge in [0.15, 0.2) is 23.3 Å². The third kappa shape index (κ3) is 3.69. The molecule has 21 heavy (non-hydrogen) atoms. The van der Waals surface area contributed by atoms with Crippen LogP contribution >= 0.6 is 0 Å². The second-order valence-electron chi connectivity index (χ2n) is 5.67. The molecule has 0 bridgehead atoms. The van der Waals surface area contributed by atoms with Crippen molar-refractivity contribution in [2.45, 2.75) is 33.2 Å². The van der Waals surface area contributed by atoms with Crippen molar-refractivity contribution in [1.29, 1.82) is 0 Å². The van der Waals surface area contributed by atoms with Gasteiger partial charge >= 0.3 is 0 Å². The quantitative estimate of drug-likeness (QED) is 0.512. The highest BCUT2D eigenvalue weighted by atomic mass is 19.2. The van der Waals surface area contributed by atoms with Gasteiger partial charge in [-0.15, -0.1) is 0 Å². The lowest BCUT2D eigenvalue weighted by atomic mass is 9.85. The summed E-state index contributed by atoms with van der Waals surface area (Å²) in [6, 6.07) is -0.654. The fourth-order valence-electron chi connectivity index (χ4n) is 1.41. The van der Waals surface area contributed by atoms with Crippen molar-refractivity contribution in [3.63, 3.8) is 0 Å². The summed E-state index contributed by atoms with van der Waals surface area (Å²) in [5, 5.41) is 1.67. The van der Waals surface area contributed by atoms with Gasteiger partial charge in [-0.1, -0.05) is 20.8 Å². The van der Waals surface area contributed by atoms with E-state index >= 15 is 0 Å². The number of nitrogens with two attached hydrogens (primary N) is 1. The molecule has 1 atom stereocenters.